The molecule has 0 heterocycles. The van der Waals surface area contributed by atoms with E-state index in [4.69, 9.17) is 5.73 Å². The zero-order valence-electron chi connectivity index (χ0n) is 9.01. The van der Waals surface area contributed by atoms with Crippen molar-refractivity contribution in [2.45, 2.75) is 18.4 Å². The smallest absolute Gasteiger partial charge is 0.0361 e. The van der Waals surface area contributed by atoms with Crippen LogP contribution in [0.2, 0.25) is 0 Å². The number of nitrogens with zero attached hydrogens (tertiary/aromatic N) is 1. The number of anilines is 1. The molecule has 2 rings (SSSR count). The standard InChI is InChI=1S/C11H16N2.2ClH/c1-13(2)9-5-3-8(4-6-9)10-7-11(10)12;;/h3-6,10-11H,7,12H2,1-2H3;2*1H. The highest BCUT2D eigenvalue weighted by Crippen LogP contribution is 2.39. The Morgan fingerprint density at radius 2 is 1.60 bits per heavy atom. The van der Waals surface area contributed by atoms with Crippen LogP contribution in [0, 0.1) is 0 Å². The maximum atomic E-state index is 5.79. The summed E-state index contributed by atoms with van der Waals surface area (Å²) in [7, 11) is 4.11. The lowest BCUT2D eigenvalue weighted by Gasteiger charge is -2.12. The third-order valence-corrected chi connectivity index (χ3v) is 2.68. The average Bonchev–Trinajstić information content (AvgIpc) is 2.83. The van der Waals surface area contributed by atoms with Gasteiger partial charge in [-0.2, -0.15) is 0 Å². The molecule has 0 amide bonds. The molecule has 15 heavy (non-hydrogen) atoms. The second-order valence-corrected chi connectivity index (χ2v) is 3.99. The molecule has 2 N–H and O–H groups in total. The molecule has 1 aliphatic rings. The molecular formula is C11H18Cl2N2. The first-order chi connectivity index (χ1) is 6.18. The van der Waals surface area contributed by atoms with Crippen LogP contribution in [0.1, 0.15) is 17.9 Å². The van der Waals surface area contributed by atoms with Gasteiger partial charge in [0.25, 0.3) is 0 Å². The van der Waals surface area contributed by atoms with E-state index in [0.717, 1.165) is 6.42 Å². The minimum Gasteiger partial charge on any atom is -0.378 e. The van der Waals surface area contributed by atoms with E-state index in [-0.39, 0.29) is 24.8 Å². The van der Waals surface area contributed by atoms with Crippen molar-refractivity contribution in [3.8, 4) is 0 Å². The number of halogens is 2. The summed E-state index contributed by atoms with van der Waals surface area (Å²) in [5.41, 5.74) is 8.42. The van der Waals surface area contributed by atoms with Crippen LogP contribution in [-0.2, 0) is 0 Å². The van der Waals surface area contributed by atoms with E-state index >= 15 is 0 Å². The topological polar surface area (TPSA) is 29.3 Å². The van der Waals surface area contributed by atoms with E-state index in [1.807, 2.05) is 0 Å². The van der Waals surface area contributed by atoms with Gasteiger partial charge in [0.05, 0.1) is 0 Å². The van der Waals surface area contributed by atoms with Crippen molar-refractivity contribution in [1.29, 1.82) is 0 Å². The van der Waals surface area contributed by atoms with Crippen LogP contribution in [0.4, 0.5) is 5.69 Å². The summed E-state index contributed by atoms with van der Waals surface area (Å²) in [6.07, 6.45) is 1.15. The fourth-order valence-corrected chi connectivity index (χ4v) is 1.62. The fourth-order valence-electron chi connectivity index (χ4n) is 1.62. The van der Waals surface area contributed by atoms with Crippen LogP contribution in [-0.4, -0.2) is 20.1 Å². The molecule has 4 heteroatoms. The predicted octanol–water partition coefficient (Wildman–Crippen LogP) is 2.41. The molecule has 86 valence electrons. The molecule has 0 saturated heterocycles. The number of rotatable bonds is 2. The summed E-state index contributed by atoms with van der Waals surface area (Å²) >= 11 is 0. The zero-order valence-corrected chi connectivity index (χ0v) is 10.6. The second-order valence-electron chi connectivity index (χ2n) is 3.99. The first kappa shape index (κ1) is 14.6. The molecular weight excluding hydrogens is 231 g/mol. The molecule has 1 aromatic carbocycles. The van der Waals surface area contributed by atoms with E-state index in [0.29, 0.717) is 12.0 Å². The van der Waals surface area contributed by atoms with E-state index in [1.54, 1.807) is 0 Å². The van der Waals surface area contributed by atoms with Crippen molar-refractivity contribution in [2.75, 3.05) is 19.0 Å². The summed E-state index contributed by atoms with van der Waals surface area (Å²) in [6.45, 7) is 0. The molecule has 0 aliphatic heterocycles. The van der Waals surface area contributed by atoms with Gasteiger partial charge in [-0.05, 0) is 24.1 Å². The maximum absolute atomic E-state index is 5.79. The van der Waals surface area contributed by atoms with Gasteiger partial charge in [0.1, 0.15) is 0 Å². The molecule has 1 aliphatic carbocycles. The Morgan fingerprint density at radius 3 is 1.93 bits per heavy atom. The predicted molar refractivity (Wildman–Crippen MR) is 70.6 cm³/mol. The number of benzene rings is 1. The van der Waals surface area contributed by atoms with Gasteiger partial charge in [-0.15, -0.1) is 24.8 Å². The quantitative estimate of drug-likeness (QED) is 0.872. The highest BCUT2D eigenvalue weighted by molar-refractivity contribution is 5.85. The first-order valence-electron chi connectivity index (χ1n) is 4.71. The molecule has 2 unspecified atom stereocenters. The maximum Gasteiger partial charge on any atom is 0.0361 e. The van der Waals surface area contributed by atoms with Crippen LogP contribution in [0.5, 0.6) is 0 Å². The minimum atomic E-state index is 0. The lowest BCUT2D eigenvalue weighted by Crippen LogP contribution is -2.08. The van der Waals surface area contributed by atoms with Crippen LogP contribution >= 0.6 is 24.8 Å². The third-order valence-electron chi connectivity index (χ3n) is 2.68. The summed E-state index contributed by atoms with van der Waals surface area (Å²) in [6, 6.07) is 9.09. The Morgan fingerprint density at radius 1 is 1.13 bits per heavy atom. The molecule has 0 spiro atoms. The molecule has 0 radical (unpaired) electrons. The normalized spacial score (nSPS) is 22.3. The number of nitrogens with two attached hydrogens (primary N) is 1. The Bertz CT molecular complexity index is 298. The van der Waals surface area contributed by atoms with Gasteiger partial charge in [0.15, 0.2) is 0 Å². The molecule has 0 bridgehead atoms. The third kappa shape index (κ3) is 3.26. The molecule has 2 atom stereocenters. The average molecular weight is 249 g/mol. The van der Waals surface area contributed by atoms with Crippen molar-refractivity contribution < 1.29 is 0 Å². The van der Waals surface area contributed by atoms with Gasteiger partial charge >= 0.3 is 0 Å². The molecule has 2 nitrogen and oxygen atoms in total. The van der Waals surface area contributed by atoms with Gasteiger partial charge in [-0.3, -0.25) is 0 Å². The lowest BCUT2D eigenvalue weighted by molar-refractivity contribution is 0.989. The first-order valence-corrected chi connectivity index (χ1v) is 4.71. The highest BCUT2D eigenvalue weighted by Gasteiger charge is 2.34. The number of hydrogen-bond donors (Lipinski definition) is 1. The monoisotopic (exact) mass is 248 g/mol. The summed E-state index contributed by atoms with van der Waals surface area (Å²) in [5, 5.41) is 0. The van der Waals surface area contributed by atoms with E-state index in [2.05, 4.69) is 43.3 Å². The highest BCUT2D eigenvalue weighted by atomic mass is 35.5. The van der Waals surface area contributed by atoms with Gasteiger partial charge in [-0.25, -0.2) is 0 Å². The molecule has 1 fully saturated rings. The fraction of sp³-hybridized carbons (Fsp3) is 0.455. The Hall–Kier alpha value is -0.440. The Balaban J connectivity index is 0.000000980. The lowest BCUT2D eigenvalue weighted by atomic mass is 10.1. The van der Waals surface area contributed by atoms with Crippen molar-refractivity contribution in [2.24, 2.45) is 5.73 Å². The van der Waals surface area contributed by atoms with Gasteiger partial charge in [-0.1, -0.05) is 12.1 Å². The second kappa shape index (κ2) is 5.59. The van der Waals surface area contributed by atoms with E-state index in [9.17, 15) is 0 Å². The van der Waals surface area contributed by atoms with Gasteiger partial charge < -0.3 is 10.6 Å². The van der Waals surface area contributed by atoms with Crippen LogP contribution in [0.25, 0.3) is 0 Å². The van der Waals surface area contributed by atoms with Crippen molar-refractivity contribution >= 4 is 30.5 Å². The Labute approximate surface area is 104 Å². The molecule has 1 saturated carbocycles. The van der Waals surface area contributed by atoms with Gasteiger partial charge in [0, 0.05) is 31.7 Å². The molecule has 1 aromatic rings. The minimum absolute atomic E-state index is 0. The summed E-state index contributed by atoms with van der Waals surface area (Å²) < 4.78 is 0. The summed E-state index contributed by atoms with van der Waals surface area (Å²) in [4.78, 5) is 2.11. The van der Waals surface area contributed by atoms with E-state index in [1.165, 1.54) is 11.3 Å². The van der Waals surface area contributed by atoms with Crippen LogP contribution < -0.4 is 10.6 Å². The van der Waals surface area contributed by atoms with Crippen molar-refractivity contribution in [1.82, 2.24) is 0 Å². The van der Waals surface area contributed by atoms with Crippen LogP contribution in [0.3, 0.4) is 0 Å². The summed E-state index contributed by atoms with van der Waals surface area (Å²) in [5.74, 6) is 0.621. The van der Waals surface area contributed by atoms with Crippen molar-refractivity contribution in [3.63, 3.8) is 0 Å². The zero-order chi connectivity index (χ0) is 9.42. The Kier molecular flexibility index (Phi) is 5.43. The van der Waals surface area contributed by atoms with Crippen molar-refractivity contribution in [3.05, 3.63) is 29.8 Å². The largest absolute Gasteiger partial charge is 0.378 e. The van der Waals surface area contributed by atoms with E-state index < -0.39 is 0 Å². The SMILES string of the molecule is CN(C)c1ccc(C2CC2N)cc1.Cl.Cl. The number of hydrogen-bond acceptors (Lipinski definition) is 2. The van der Waals surface area contributed by atoms with Crippen LogP contribution in [0.15, 0.2) is 24.3 Å². The molecule has 0 aromatic heterocycles. The van der Waals surface area contributed by atoms with Gasteiger partial charge in [0.2, 0.25) is 0 Å².